The average Bonchev–Trinajstić information content (AvgIpc) is 2.46. The number of nitrogens with zero attached hydrogens (tertiary/aromatic N) is 3. The molecule has 0 radical (unpaired) electrons. The standard InChI is InChI=1S/C11H22N4/c1-5-15-8-11(10(3)13-15)7-14(4)6-9(2)12/h8-9H,5-7,12H2,1-4H3. The van der Waals surface area contributed by atoms with Gasteiger partial charge >= 0.3 is 0 Å². The predicted molar refractivity (Wildman–Crippen MR) is 62.6 cm³/mol. The molecule has 1 aromatic rings. The Bertz CT molecular complexity index is 304. The lowest BCUT2D eigenvalue weighted by Crippen LogP contribution is -2.32. The fourth-order valence-corrected chi connectivity index (χ4v) is 1.72. The van der Waals surface area contributed by atoms with E-state index in [0.29, 0.717) is 0 Å². The highest BCUT2D eigenvalue weighted by atomic mass is 15.3. The van der Waals surface area contributed by atoms with Crippen LogP contribution in [0.1, 0.15) is 25.1 Å². The zero-order valence-corrected chi connectivity index (χ0v) is 10.2. The Morgan fingerprint density at radius 3 is 2.73 bits per heavy atom. The van der Waals surface area contributed by atoms with Gasteiger partial charge in [0.1, 0.15) is 0 Å². The minimum atomic E-state index is 0.219. The van der Waals surface area contributed by atoms with Crippen LogP contribution in [0, 0.1) is 6.92 Å². The van der Waals surface area contributed by atoms with Crippen molar-refractivity contribution in [1.29, 1.82) is 0 Å². The lowest BCUT2D eigenvalue weighted by atomic mass is 10.2. The number of hydrogen-bond donors (Lipinski definition) is 1. The minimum absolute atomic E-state index is 0.219. The van der Waals surface area contributed by atoms with Gasteiger partial charge < -0.3 is 10.6 Å². The van der Waals surface area contributed by atoms with Crippen molar-refractivity contribution in [2.75, 3.05) is 13.6 Å². The molecule has 1 aromatic heterocycles. The van der Waals surface area contributed by atoms with E-state index in [1.807, 2.05) is 11.6 Å². The van der Waals surface area contributed by atoms with Crippen LogP contribution in [0.25, 0.3) is 0 Å². The smallest absolute Gasteiger partial charge is 0.0638 e. The summed E-state index contributed by atoms with van der Waals surface area (Å²) >= 11 is 0. The largest absolute Gasteiger partial charge is 0.327 e. The number of likely N-dealkylation sites (N-methyl/N-ethyl adjacent to an activating group) is 1. The van der Waals surface area contributed by atoms with Crippen molar-refractivity contribution in [3.63, 3.8) is 0 Å². The molecule has 1 rings (SSSR count). The summed E-state index contributed by atoms with van der Waals surface area (Å²) in [5.74, 6) is 0. The van der Waals surface area contributed by atoms with E-state index in [4.69, 9.17) is 5.73 Å². The molecule has 0 amide bonds. The maximum Gasteiger partial charge on any atom is 0.0638 e. The Morgan fingerprint density at radius 1 is 1.60 bits per heavy atom. The van der Waals surface area contributed by atoms with E-state index in [2.05, 4.69) is 37.1 Å². The van der Waals surface area contributed by atoms with Crippen molar-refractivity contribution < 1.29 is 0 Å². The first-order valence-electron chi connectivity index (χ1n) is 5.50. The van der Waals surface area contributed by atoms with Gasteiger partial charge in [-0.05, 0) is 27.8 Å². The summed E-state index contributed by atoms with van der Waals surface area (Å²) in [7, 11) is 2.09. The second kappa shape index (κ2) is 5.28. The first kappa shape index (κ1) is 12.2. The summed E-state index contributed by atoms with van der Waals surface area (Å²) in [6.07, 6.45) is 2.12. The van der Waals surface area contributed by atoms with Crippen LogP contribution in [0.15, 0.2) is 6.20 Å². The van der Waals surface area contributed by atoms with Gasteiger partial charge in [0.2, 0.25) is 0 Å². The lowest BCUT2D eigenvalue weighted by molar-refractivity contribution is 0.309. The first-order chi connectivity index (χ1) is 7.02. The number of nitrogens with two attached hydrogens (primary N) is 1. The Balaban J connectivity index is 2.59. The molecular weight excluding hydrogens is 188 g/mol. The maximum atomic E-state index is 5.75. The summed E-state index contributed by atoms with van der Waals surface area (Å²) in [6, 6.07) is 0.219. The van der Waals surface area contributed by atoms with Gasteiger partial charge in [-0.1, -0.05) is 0 Å². The molecule has 0 aliphatic carbocycles. The van der Waals surface area contributed by atoms with Gasteiger partial charge in [0.05, 0.1) is 5.69 Å². The highest BCUT2D eigenvalue weighted by molar-refractivity contribution is 5.15. The van der Waals surface area contributed by atoms with Gasteiger partial charge in [0.25, 0.3) is 0 Å². The monoisotopic (exact) mass is 210 g/mol. The van der Waals surface area contributed by atoms with Crippen molar-refractivity contribution in [1.82, 2.24) is 14.7 Å². The minimum Gasteiger partial charge on any atom is -0.327 e. The summed E-state index contributed by atoms with van der Waals surface area (Å²) in [5, 5.41) is 4.42. The second-order valence-electron chi connectivity index (χ2n) is 4.27. The van der Waals surface area contributed by atoms with E-state index in [1.165, 1.54) is 5.56 Å². The van der Waals surface area contributed by atoms with Crippen molar-refractivity contribution in [3.05, 3.63) is 17.5 Å². The molecule has 0 saturated carbocycles. The van der Waals surface area contributed by atoms with Crippen LogP contribution < -0.4 is 5.73 Å². The third-order valence-corrected chi connectivity index (χ3v) is 2.41. The van der Waals surface area contributed by atoms with Crippen LogP contribution in [0.3, 0.4) is 0 Å². The zero-order valence-electron chi connectivity index (χ0n) is 10.2. The molecule has 0 aliphatic rings. The molecule has 4 nitrogen and oxygen atoms in total. The normalized spacial score (nSPS) is 13.5. The van der Waals surface area contributed by atoms with Crippen molar-refractivity contribution >= 4 is 0 Å². The van der Waals surface area contributed by atoms with E-state index >= 15 is 0 Å². The molecule has 1 unspecified atom stereocenters. The first-order valence-corrected chi connectivity index (χ1v) is 5.50. The van der Waals surface area contributed by atoms with Crippen molar-refractivity contribution in [3.8, 4) is 0 Å². The highest BCUT2D eigenvalue weighted by Crippen LogP contribution is 2.08. The molecular formula is C11H22N4. The van der Waals surface area contributed by atoms with E-state index in [-0.39, 0.29) is 6.04 Å². The van der Waals surface area contributed by atoms with Crippen LogP contribution in [0.2, 0.25) is 0 Å². The number of aryl methyl sites for hydroxylation is 2. The van der Waals surface area contributed by atoms with Crippen LogP contribution in [-0.4, -0.2) is 34.3 Å². The van der Waals surface area contributed by atoms with Crippen LogP contribution in [0.5, 0.6) is 0 Å². The molecule has 0 fully saturated rings. The zero-order chi connectivity index (χ0) is 11.4. The fraction of sp³-hybridized carbons (Fsp3) is 0.727. The summed E-state index contributed by atoms with van der Waals surface area (Å²) < 4.78 is 1.98. The molecule has 2 N–H and O–H groups in total. The number of rotatable bonds is 5. The SMILES string of the molecule is CCn1cc(CN(C)CC(C)N)c(C)n1. The van der Waals surface area contributed by atoms with Crippen LogP contribution in [-0.2, 0) is 13.1 Å². The molecule has 0 bridgehead atoms. The Labute approximate surface area is 92.1 Å². The molecule has 0 aromatic carbocycles. The molecule has 1 atom stereocenters. The van der Waals surface area contributed by atoms with E-state index in [0.717, 1.165) is 25.3 Å². The van der Waals surface area contributed by atoms with Gasteiger partial charge in [-0.25, -0.2) is 0 Å². The van der Waals surface area contributed by atoms with Gasteiger partial charge in [-0.15, -0.1) is 0 Å². The molecule has 0 aliphatic heterocycles. The molecule has 86 valence electrons. The third kappa shape index (κ3) is 3.64. The molecule has 0 spiro atoms. The number of aromatic nitrogens is 2. The molecule has 1 heterocycles. The second-order valence-corrected chi connectivity index (χ2v) is 4.27. The van der Waals surface area contributed by atoms with Gasteiger partial charge in [-0.2, -0.15) is 5.10 Å². The van der Waals surface area contributed by atoms with Gasteiger partial charge in [0, 0.05) is 37.4 Å². The quantitative estimate of drug-likeness (QED) is 0.788. The van der Waals surface area contributed by atoms with Crippen LogP contribution in [0.4, 0.5) is 0 Å². The highest BCUT2D eigenvalue weighted by Gasteiger charge is 2.08. The molecule has 15 heavy (non-hydrogen) atoms. The Morgan fingerprint density at radius 2 is 2.27 bits per heavy atom. The summed E-state index contributed by atoms with van der Waals surface area (Å²) in [6.45, 7) is 8.95. The van der Waals surface area contributed by atoms with Gasteiger partial charge in [-0.3, -0.25) is 4.68 Å². The Hall–Kier alpha value is -0.870. The summed E-state index contributed by atoms with van der Waals surface area (Å²) in [4.78, 5) is 2.23. The van der Waals surface area contributed by atoms with Crippen molar-refractivity contribution in [2.24, 2.45) is 5.73 Å². The van der Waals surface area contributed by atoms with Crippen LogP contribution >= 0.6 is 0 Å². The molecule has 4 heteroatoms. The third-order valence-electron chi connectivity index (χ3n) is 2.41. The average molecular weight is 210 g/mol. The van der Waals surface area contributed by atoms with E-state index < -0.39 is 0 Å². The van der Waals surface area contributed by atoms with Gasteiger partial charge in [0.15, 0.2) is 0 Å². The Kier molecular flexibility index (Phi) is 4.29. The predicted octanol–water partition coefficient (Wildman–Crippen LogP) is 0.990. The lowest BCUT2D eigenvalue weighted by Gasteiger charge is -2.18. The van der Waals surface area contributed by atoms with E-state index in [1.54, 1.807) is 0 Å². The van der Waals surface area contributed by atoms with Crippen molar-refractivity contribution in [2.45, 2.75) is 39.9 Å². The van der Waals surface area contributed by atoms with E-state index in [9.17, 15) is 0 Å². The summed E-state index contributed by atoms with van der Waals surface area (Å²) in [5.41, 5.74) is 8.16. The molecule has 0 saturated heterocycles. The number of hydrogen-bond acceptors (Lipinski definition) is 3. The topological polar surface area (TPSA) is 47.1 Å². The fourth-order valence-electron chi connectivity index (χ4n) is 1.72. The maximum absolute atomic E-state index is 5.75.